The van der Waals surface area contributed by atoms with Crippen LogP contribution in [-0.4, -0.2) is 0 Å². The normalized spacial score (nSPS) is 13.4. The quantitative estimate of drug-likeness (QED) is 0.210. The largest absolute Gasteiger partial charge is 0.0888 e. The Hall–Kier alpha value is -3.46. The molecular weight excluding hydrogens is 521 g/mol. The molecule has 0 unspecified atom stereocenters. The Morgan fingerprint density at radius 3 is 1.12 bits per heavy atom. The van der Waals surface area contributed by atoms with E-state index in [4.69, 9.17) is 0 Å². The van der Waals surface area contributed by atoms with Crippen molar-refractivity contribution in [2.75, 3.05) is 0 Å². The Balaban J connectivity index is 1.65. The van der Waals surface area contributed by atoms with Gasteiger partial charge >= 0.3 is 0 Å². The third kappa shape index (κ3) is 4.00. The summed E-state index contributed by atoms with van der Waals surface area (Å²) in [5.74, 6) is 0. The highest BCUT2D eigenvalue weighted by atomic mass is 32.2. The van der Waals surface area contributed by atoms with Crippen LogP contribution in [0.4, 0.5) is 0 Å². The molecule has 5 aromatic rings. The first-order valence-electron chi connectivity index (χ1n) is 13.9. The molecule has 196 valence electrons. The van der Waals surface area contributed by atoms with Gasteiger partial charge in [-0.2, -0.15) is 0 Å². The Bertz CT molecular complexity index is 1820. The van der Waals surface area contributed by atoms with Gasteiger partial charge in [0.25, 0.3) is 0 Å². The van der Waals surface area contributed by atoms with E-state index < -0.39 is 0 Å². The molecule has 0 nitrogen and oxygen atoms in total. The first-order chi connectivity index (χ1) is 19.3. The summed E-state index contributed by atoms with van der Waals surface area (Å²) in [4.78, 5) is 5.34. The van der Waals surface area contributed by atoms with E-state index in [0.717, 1.165) is 0 Å². The van der Waals surface area contributed by atoms with Crippen molar-refractivity contribution in [1.82, 2.24) is 0 Å². The minimum atomic E-state index is 1.32. The molecule has 0 aromatic heterocycles. The topological polar surface area (TPSA) is 0 Å². The molecule has 2 aliphatic rings. The van der Waals surface area contributed by atoms with E-state index in [1.807, 2.05) is 23.5 Å². The van der Waals surface area contributed by atoms with Crippen LogP contribution in [0.15, 0.2) is 105 Å². The summed E-state index contributed by atoms with van der Waals surface area (Å²) < 4.78 is 0. The maximum atomic E-state index is 2.49. The van der Waals surface area contributed by atoms with Crippen molar-refractivity contribution in [3.05, 3.63) is 151 Å². The van der Waals surface area contributed by atoms with Crippen LogP contribution in [0.25, 0.3) is 11.1 Å². The smallest absolute Gasteiger partial charge is 0.0208 e. The highest BCUT2D eigenvalue weighted by molar-refractivity contribution is 8.00. The zero-order chi connectivity index (χ0) is 27.7. The first-order valence-corrected chi connectivity index (χ1v) is 15.6. The van der Waals surface area contributed by atoms with E-state index in [1.54, 1.807) is 0 Å². The van der Waals surface area contributed by atoms with Crippen molar-refractivity contribution in [2.24, 2.45) is 0 Å². The van der Waals surface area contributed by atoms with Gasteiger partial charge in [-0.1, -0.05) is 95.3 Å². The minimum absolute atomic E-state index is 1.32. The van der Waals surface area contributed by atoms with Gasteiger partial charge in [-0.15, -0.1) is 0 Å². The summed E-state index contributed by atoms with van der Waals surface area (Å²) >= 11 is 3.83. The summed E-state index contributed by atoms with van der Waals surface area (Å²) in [6, 6.07) is 32.2. The molecule has 0 saturated carbocycles. The molecule has 7 rings (SSSR count). The molecule has 0 bridgehead atoms. The highest BCUT2D eigenvalue weighted by Gasteiger charge is 2.26. The maximum absolute atomic E-state index is 2.49. The molecule has 5 aromatic carbocycles. The monoisotopic (exact) mass is 552 g/mol. The second-order valence-corrected chi connectivity index (χ2v) is 13.5. The summed E-state index contributed by atoms with van der Waals surface area (Å²) in [5, 5.41) is 2.70. The van der Waals surface area contributed by atoms with E-state index in [0.29, 0.717) is 0 Å². The molecule has 2 heterocycles. The Morgan fingerprint density at radius 1 is 0.400 bits per heavy atom. The van der Waals surface area contributed by atoms with E-state index in [1.165, 1.54) is 96.8 Å². The molecule has 0 fully saturated rings. The van der Waals surface area contributed by atoms with Gasteiger partial charge in [0, 0.05) is 19.6 Å². The minimum Gasteiger partial charge on any atom is -0.0888 e. The molecule has 0 spiro atoms. The molecule has 2 aliphatic heterocycles. The van der Waals surface area contributed by atoms with Crippen molar-refractivity contribution in [1.29, 1.82) is 0 Å². The fraction of sp³-hybridized carbons (Fsp3) is 0.158. The molecule has 0 atom stereocenters. The molecule has 0 radical (unpaired) electrons. The lowest BCUT2D eigenvalue weighted by Gasteiger charge is -2.26. The third-order valence-corrected chi connectivity index (χ3v) is 10.5. The molecule has 0 N–H and O–H groups in total. The van der Waals surface area contributed by atoms with Crippen LogP contribution in [0, 0.1) is 41.5 Å². The lowest BCUT2D eigenvalue weighted by atomic mass is 9.86. The molecule has 0 saturated heterocycles. The van der Waals surface area contributed by atoms with Crippen LogP contribution in [0.2, 0.25) is 0 Å². The second-order valence-electron chi connectivity index (χ2n) is 11.3. The van der Waals surface area contributed by atoms with Gasteiger partial charge in [0.15, 0.2) is 0 Å². The Labute approximate surface area is 245 Å². The van der Waals surface area contributed by atoms with Crippen LogP contribution in [0.5, 0.6) is 0 Å². The number of rotatable bonds is 2. The predicted octanol–water partition coefficient (Wildman–Crippen LogP) is 8.96. The second kappa shape index (κ2) is 9.58. The summed E-state index contributed by atoms with van der Waals surface area (Å²) in [6.07, 6.45) is 0. The van der Waals surface area contributed by atoms with E-state index in [9.17, 15) is 0 Å². The van der Waals surface area contributed by atoms with Gasteiger partial charge in [-0.25, -0.2) is 0 Å². The predicted molar refractivity (Wildman–Crippen MR) is 171 cm³/mol. The number of hydrogen-bond donors (Lipinski definition) is 0. The zero-order valence-corrected chi connectivity index (χ0v) is 25.5. The lowest BCUT2D eigenvalue weighted by molar-refractivity contribution is 1.16. The van der Waals surface area contributed by atoms with Gasteiger partial charge < -0.3 is 0 Å². The molecule has 2 heteroatoms. The van der Waals surface area contributed by atoms with Gasteiger partial charge in [0.2, 0.25) is 0 Å². The highest BCUT2D eigenvalue weighted by Crippen LogP contribution is 2.43. The molecule has 40 heavy (non-hydrogen) atoms. The fourth-order valence-corrected chi connectivity index (χ4v) is 9.08. The SMILES string of the molecule is Cc1cc(C)c(C2=c3cc4c(cc3Sc3ccccc32)=C(c2c(C)cc(C)cc2C)c2ccccc2S4)c(C)c1. The molecule has 0 amide bonds. The number of benzene rings is 5. The van der Waals surface area contributed by atoms with Crippen molar-refractivity contribution >= 4 is 34.7 Å². The van der Waals surface area contributed by atoms with Gasteiger partial charge in [-0.05, 0) is 132 Å². The fourth-order valence-electron chi connectivity index (χ4n) is 6.86. The third-order valence-electron chi connectivity index (χ3n) is 8.23. The van der Waals surface area contributed by atoms with Crippen molar-refractivity contribution in [3.8, 4) is 0 Å². The van der Waals surface area contributed by atoms with Crippen LogP contribution in [0.1, 0.15) is 55.6 Å². The lowest BCUT2D eigenvalue weighted by Crippen LogP contribution is -2.25. The van der Waals surface area contributed by atoms with E-state index >= 15 is 0 Å². The van der Waals surface area contributed by atoms with Crippen LogP contribution >= 0.6 is 23.5 Å². The number of fused-ring (bicyclic) bond motifs is 4. The first kappa shape index (κ1) is 25.5. The average Bonchev–Trinajstić information content (AvgIpc) is 2.90. The van der Waals surface area contributed by atoms with Gasteiger partial charge in [0.1, 0.15) is 0 Å². The average molecular weight is 553 g/mol. The van der Waals surface area contributed by atoms with E-state index in [2.05, 4.69) is 126 Å². The van der Waals surface area contributed by atoms with Crippen LogP contribution in [0.3, 0.4) is 0 Å². The Kier molecular flexibility index (Phi) is 6.11. The summed E-state index contributed by atoms with van der Waals surface area (Å²) in [5.41, 5.74) is 16.2. The number of aryl methyl sites for hydroxylation is 6. The van der Waals surface area contributed by atoms with Gasteiger partial charge in [-0.3, -0.25) is 0 Å². The molecule has 0 aliphatic carbocycles. The Morgan fingerprint density at radius 2 is 0.750 bits per heavy atom. The van der Waals surface area contributed by atoms with Crippen LogP contribution in [-0.2, 0) is 0 Å². The van der Waals surface area contributed by atoms with Crippen LogP contribution < -0.4 is 10.4 Å². The molecular formula is C38H32S2. The van der Waals surface area contributed by atoms with Crippen molar-refractivity contribution < 1.29 is 0 Å². The van der Waals surface area contributed by atoms with Gasteiger partial charge in [0.05, 0.1) is 0 Å². The van der Waals surface area contributed by atoms with Crippen molar-refractivity contribution in [3.63, 3.8) is 0 Å². The van der Waals surface area contributed by atoms with E-state index in [-0.39, 0.29) is 0 Å². The summed E-state index contributed by atoms with van der Waals surface area (Å²) in [7, 11) is 0. The summed E-state index contributed by atoms with van der Waals surface area (Å²) in [6.45, 7) is 13.5. The maximum Gasteiger partial charge on any atom is 0.0208 e. The zero-order valence-electron chi connectivity index (χ0n) is 23.9. The standard InChI is InChI=1S/C38H32S2/c1-21-15-23(3)35(24(4)16-21)37-27-11-7-9-13-31(27)39-33-20-30-34(19-29(33)37)40-32-14-10-8-12-28(32)38(30)36-25(5)17-22(2)18-26(36)6/h7-20H,1-6H3. The van der Waals surface area contributed by atoms with Crippen molar-refractivity contribution in [2.45, 2.75) is 61.1 Å². The number of hydrogen-bond acceptors (Lipinski definition) is 2.